The van der Waals surface area contributed by atoms with Gasteiger partial charge in [0.05, 0.1) is 12.8 Å². The second-order valence-electron chi connectivity index (χ2n) is 7.59. The second-order valence-corrected chi connectivity index (χ2v) is 7.59. The predicted octanol–water partition coefficient (Wildman–Crippen LogP) is 2.11. The van der Waals surface area contributed by atoms with E-state index in [1.54, 1.807) is 7.11 Å². The van der Waals surface area contributed by atoms with Crippen LogP contribution in [0.25, 0.3) is 5.65 Å². The van der Waals surface area contributed by atoms with E-state index in [9.17, 15) is 0 Å². The monoisotopic (exact) mass is 367 g/mol. The molecule has 5 rings (SSSR count). The first-order chi connectivity index (χ1) is 13.3. The fourth-order valence-corrected chi connectivity index (χ4v) is 4.39. The van der Waals surface area contributed by atoms with Crippen molar-refractivity contribution < 1.29 is 4.74 Å². The Labute approximate surface area is 157 Å². The Balaban J connectivity index is 1.27. The van der Waals surface area contributed by atoms with Crippen LogP contribution in [0.3, 0.4) is 0 Å². The van der Waals surface area contributed by atoms with Crippen molar-refractivity contribution in [1.29, 1.82) is 0 Å². The zero-order chi connectivity index (χ0) is 18.2. The molecule has 1 fully saturated rings. The van der Waals surface area contributed by atoms with Crippen LogP contribution in [0.15, 0.2) is 12.1 Å². The number of nitrogens with one attached hydrogen (secondary N) is 1. The summed E-state index contributed by atoms with van der Waals surface area (Å²) in [7, 11) is 1.63. The molecule has 0 spiro atoms. The smallest absolute Gasteiger partial charge is 0.231 e. The number of H-pyrrole nitrogens is 1. The largest absolute Gasteiger partial charge is 0.480 e. The molecular weight excluding hydrogens is 342 g/mol. The molecule has 4 heterocycles. The number of aryl methyl sites for hydroxylation is 1. The van der Waals surface area contributed by atoms with E-state index in [0.717, 1.165) is 50.4 Å². The molecule has 0 saturated carbocycles. The number of ether oxygens (including phenoxy) is 1. The highest BCUT2D eigenvalue weighted by molar-refractivity contribution is 5.38. The second kappa shape index (κ2) is 6.92. The average molecular weight is 367 g/mol. The maximum absolute atomic E-state index is 5.25. The molecule has 0 amide bonds. The van der Waals surface area contributed by atoms with Gasteiger partial charge in [0.2, 0.25) is 5.88 Å². The number of rotatable bonds is 4. The van der Waals surface area contributed by atoms with Crippen LogP contribution in [-0.2, 0) is 19.4 Å². The molecule has 1 aliphatic carbocycles. The SMILES string of the molecule is COc1ccc2nnc(C3CCN(Cc4n[nH]c5c4CCCC5)CC3)n2n1. The maximum Gasteiger partial charge on any atom is 0.231 e. The fraction of sp³-hybridized carbons (Fsp3) is 0.579. The molecule has 142 valence electrons. The Morgan fingerprint density at radius 1 is 1.15 bits per heavy atom. The Morgan fingerprint density at radius 2 is 2.00 bits per heavy atom. The topological polar surface area (TPSA) is 84.2 Å². The zero-order valence-electron chi connectivity index (χ0n) is 15.7. The van der Waals surface area contributed by atoms with Crippen LogP contribution in [0.4, 0.5) is 0 Å². The highest BCUT2D eigenvalue weighted by Gasteiger charge is 2.27. The first-order valence-electron chi connectivity index (χ1n) is 9.85. The first-order valence-corrected chi connectivity index (χ1v) is 9.85. The van der Waals surface area contributed by atoms with Crippen LogP contribution in [0.5, 0.6) is 5.88 Å². The molecular formula is C19H25N7O. The summed E-state index contributed by atoms with van der Waals surface area (Å²) in [6.07, 6.45) is 7.03. The molecule has 1 aliphatic heterocycles. The highest BCUT2D eigenvalue weighted by atomic mass is 16.5. The standard InChI is InChI=1S/C19H25N7O/c1-27-18-7-6-17-22-23-19(26(17)24-18)13-8-10-25(11-9-13)12-16-14-4-2-3-5-15(14)20-21-16/h6-7,13H,2-5,8-12H2,1H3,(H,20,21). The van der Waals surface area contributed by atoms with E-state index in [1.807, 2.05) is 16.6 Å². The highest BCUT2D eigenvalue weighted by Crippen LogP contribution is 2.29. The van der Waals surface area contributed by atoms with E-state index in [-0.39, 0.29) is 0 Å². The molecule has 0 radical (unpaired) electrons. The third kappa shape index (κ3) is 3.07. The summed E-state index contributed by atoms with van der Waals surface area (Å²) in [6.45, 7) is 3.04. The van der Waals surface area contributed by atoms with Crippen molar-refractivity contribution in [3.63, 3.8) is 0 Å². The number of fused-ring (bicyclic) bond motifs is 2. The minimum atomic E-state index is 0.379. The van der Waals surface area contributed by atoms with E-state index in [4.69, 9.17) is 4.74 Å². The summed E-state index contributed by atoms with van der Waals surface area (Å²) >= 11 is 0. The number of aromatic nitrogens is 6. The molecule has 0 unspecified atom stereocenters. The Hall–Kier alpha value is -2.48. The molecule has 3 aromatic heterocycles. The summed E-state index contributed by atoms with van der Waals surface area (Å²) in [5.74, 6) is 1.91. The summed E-state index contributed by atoms with van der Waals surface area (Å²) in [5, 5.41) is 21.0. The van der Waals surface area contributed by atoms with Gasteiger partial charge in [-0.05, 0) is 63.2 Å². The van der Waals surface area contributed by atoms with E-state index < -0.39 is 0 Å². The Morgan fingerprint density at radius 3 is 2.85 bits per heavy atom. The number of hydrogen-bond donors (Lipinski definition) is 1. The Kier molecular flexibility index (Phi) is 4.27. The van der Waals surface area contributed by atoms with Crippen molar-refractivity contribution in [2.45, 2.75) is 51.0 Å². The normalized spacial score (nSPS) is 18.7. The number of methoxy groups -OCH3 is 1. The lowest BCUT2D eigenvalue weighted by Crippen LogP contribution is -2.33. The molecule has 2 aliphatic rings. The van der Waals surface area contributed by atoms with Gasteiger partial charge >= 0.3 is 0 Å². The van der Waals surface area contributed by atoms with Crippen LogP contribution in [0.1, 0.15) is 54.4 Å². The third-order valence-electron chi connectivity index (χ3n) is 5.94. The van der Waals surface area contributed by atoms with Gasteiger partial charge in [0, 0.05) is 24.2 Å². The average Bonchev–Trinajstić information content (AvgIpc) is 3.32. The third-order valence-corrected chi connectivity index (χ3v) is 5.94. The summed E-state index contributed by atoms with van der Waals surface area (Å²) < 4.78 is 7.09. The number of aromatic amines is 1. The first kappa shape index (κ1) is 16.7. The minimum Gasteiger partial charge on any atom is -0.480 e. The number of likely N-dealkylation sites (tertiary alicyclic amines) is 1. The van der Waals surface area contributed by atoms with Crippen molar-refractivity contribution in [3.8, 4) is 5.88 Å². The van der Waals surface area contributed by atoms with Crippen LogP contribution in [-0.4, -0.2) is 55.1 Å². The van der Waals surface area contributed by atoms with Crippen LogP contribution < -0.4 is 4.74 Å². The predicted molar refractivity (Wildman–Crippen MR) is 99.8 cm³/mol. The van der Waals surface area contributed by atoms with Crippen LogP contribution >= 0.6 is 0 Å². The molecule has 8 heteroatoms. The minimum absolute atomic E-state index is 0.379. The van der Waals surface area contributed by atoms with Gasteiger partial charge in [0.15, 0.2) is 11.5 Å². The summed E-state index contributed by atoms with van der Waals surface area (Å²) in [5.41, 5.74) is 4.86. The van der Waals surface area contributed by atoms with Gasteiger partial charge in [-0.1, -0.05) is 0 Å². The number of hydrogen-bond acceptors (Lipinski definition) is 6. The quantitative estimate of drug-likeness (QED) is 0.760. The molecule has 27 heavy (non-hydrogen) atoms. The number of piperidine rings is 1. The maximum atomic E-state index is 5.25. The molecule has 0 atom stereocenters. The van der Waals surface area contributed by atoms with Crippen molar-refractivity contribution >= 4 is 5.65 Å². The van der Waals surface area contributed by atoms with E-state index >= 15 is 0 Å². The van der Waals surface area contributed by atoms with Crippen molar-refractivity contribution in [1.82, 2.24) is 34.9 Å². The van der Waals surface area contributed by atoms with Gasteiger partial charge in [-0.15, -0.1) is 15.3 Å². The number of nitrogens with zero attached hydrogens (tertiary/aromatic N) is 6. The lowest BCUT2D eigenvalue weighted by molar-refractivity contribution is 0.198. The molecule has 0 bridgehead atoms. The molecule has 1 saturated heterocycles. The van der Waals surface area contributed by atoms with Gasteiger partial charge in [-0.25, -0.2) is 0 Å². The molecule has 1 N–H and O–H groups in total. The van der Waals surface area contributed by atoms with Gasteiger partial charge in [0.25, 0.3) is 0 Å². The van der Waals surface area contributed by atoms with E-state index in [2.05, 4.69) is 30.4 Å². The molecule has 8 nitrogen and oxygen atoms in total. The van der Waals surface area contributed by atoms with E-state index in [0.29, 0.717) is 11.8 Å². The van der Waals surface area contributed by atoms with Crippen molar-refractivity contribution in [2.75, 3.05) is 20.2 Å². The lowest BCUT2D eigenvalue weighted by atomic mass is 9.94. The van der Waals surface area contributed by atoms with Gasteiger partial charge in [-0.3, -0.25) is 10.00 Å². The zero-order valence-corrected chi connectivity index (χ0v) is 15.7. The lowest BCUT2D eigenvalue weighted by Gasteiger charge is -2.30. The summed E-state index contributed by atoms with van der Waals surface area (Å²) in [6, 6.07) is 3.72. The molecule has 0 aromatic carbocycles. The Bertz CT molecular complexity index is 939. The fourth-order valence-electron chi connectivity index (χ4n) is 4.39. The van der Waals surface area contributed by atoms with Crippen molar-refractivity contribution in [3.05, 3.63) is 34.9 Å². The molecule has 3 aromatic rings. The summed E-state index contributed by atoms with van der Waals surface area (Å²) in [4.78, 5) is 2.51. The van der Waals surface area contributed by atoms with Crippen molar-refractivity contribution in [2.24, 2.45) is 0 Å². The van der Waals surface area contributed by atoms with Crippen LogP contribution in [0, 0.1) is 0 Å². The van der Waals surface area contributed by atoms with E-state index in [1.165, 1.54) is 36.2 Å². The van der Waals surface area contributed by atoms with Gasteiger partial charge < -0.3 is 4.74 Å². The van der Waals surface area contributed by atoms with Gasteiger partial charge in [0.1, 0.15) is 0 Å². The van der Waals surface area contributed by atoms with Gasteiger partial charge in [-0.2, -0.15) is 9.61 Å². The van der Waals surface area contributed by atoms with Crippen LogP contribution in [0.2, 0.25) is 0 Å².